The molecular weight excluding hydrogens is 220 g/mol. The van der Waals surface area contributed by atoms with Gasteiger partial charge >= 0.3 is 0 Å². The second-order valence-corrected chi connectivity index (χ2v) is 5.97. The van der Waals surface area contributed by atoms with Crippen LogP contribution in [0.2, 0.25) is 0 Å². The standard InChI is InChI=1S/C10H17F2N.C4H10/c1-10(2)8-13(6-4-11)5-3-9(10)7-12;1-4(2)3/h7H,3-6,8H2,1-2H3;4H,1-3H3/b9-7+;. The zero-order chi connectivity index (χ0) is 13.5. The summed E-state index contributed by atoms with van der Waals surface area (Å²) < 4.78 is 24.5. The van der Waals surface area contributed by atoms with Gasteiger partial charge < -0.3 is 0 Å². The number of piperidine rings is 1. The molecule has 0 unspecified atom stereocenters. The predicted octanol–water partition coefficient (Wildman–Crippen LogP) is 4.20. The lowest BCUT2D eigenvalue weighted by atomic mass is 9.80. The van der Waals surface area contributed by atoms with Crippen LogP contribution in [0.4, 0.5) is 8.78 Å². The summed E-state index contributed by atoms with van der Waals surface area (Å²) in [6.45, 7) is 12.2. The van der Waals surface area contributed by atoms with Gasteiger partial charge in [0.1, 0.15) is 6.67 Å². The third kappa shape index (κ3) is 6.77. The molecule has 0 amide bonds. The van der Waals surface area contributed by atoms with Crippen molar-refractivity contribution in [3.8, 4) is 0 Å². The van der Waals surface area contributed by atoms with Crippen LogP contribution in [0.25, 0.3) is 0 Å². The Morgan fingerprint density at radius 3 is 2.24 bits per heavy atom. The highest BCUT2D eigenvalue weighted by Gasteiger charge is 2.30. The van der Waals surface area contributed by atoms with E-state index in [4.69, 9.17) is 0 Å². The molecule has 0 aromatic rings. The molecule has 0 spiro atoms. The van der Waals surface area contributed by atoms with Gasteiger partial charge in [0.25, 0.3) is 0 Å². The maximum Gasteiger partial charge on any atom is 0.102 e. The monoisotopic (exact) mass is 247 g/mol. The Morgan fingerprint density at radius 2 is 1.88 bits per heavy atom. The zero-order valence-corrected chi connectivity index (χ0v) is 11.9. The fourth-order valence-corrected chi connectivity index (χ4v) is 1.87. The summed E-state index contributed by atoms with van der Waals surface area (Å²) in [6, 6.07) is 0. The number of rotatable bonds is 2. The topological polar surface area (TPSA) is 3.24 Å². The molecule has 0 bridgehead atoms. The first kappa shape index (κ1) is 16.6. The van der Waals surface area contributed by atoms with Crippen molar-refractivity contribution < 1.29 is 8.78 Å². The third-order valence-corrected chi connectivity index (χ3v) is 2.72. The minimum Gasteiger partial charge on any atom is -0.300 e. The average Bonchev–Trinajstić information content (AvgIpc) is 2.16. The Hall–Kier alpha value is -0.440. The van der Waals surface area contributed by atoms with E-state index in [0.717, 1.165) is 31.0 Å². The van der Waals surface area contributed by atoms with Crippen molar-refractivity contribution in [2.75, 3.05) is 26.3 Å². The van der Waals surface area contributed by atoms with Crippen molar-refractivity contribution in [2.24, 2.45) is 11.3 Å². The first-order valence-corrected chi connectivity index (χ1v) is 6.41. The van der Waals surface area contributed by atoms with Gasteiger partial charge in [0.05, 0.1) is 6.33 Å². The first-order valence-electron chi connectivity index (χ1n) is 6.41. The summed E-state index contributed by atoms with van der Waals surface area (Å²) >= 11 is 0. The lowest BCUT2D eigenvalue weighted by Gasteiger charge is -2.39. The van der Waals surface area contributed by atoms with E-state index < -0.39 is 0 Å². The summed E-state index contributed by atoms with van der Waals surface area (Å²) in [7, 11) is 0. The van der Waals surface area contributed by atoms with Crippen LogP contribution in [-0.2, 0) is 0 Å². The summed E-state index contributed by atoms with van der Waals surface area (Å²) in [5, 5.41) is 0. The zero-order valence-electron chi connectivity index (χ0n) is 11.9. The minimum atomic E-state index is -0.315. The molecule has 3 heteroatoms. The van der Waals surface area contributed by atoms with Crippen molar-refractivity contribution in [1.82, 2.24) is 4.90 Å². The summed E-state index contributed by atoms with van der Waals surface area (Å²) in [6.07, 6.45) is 1.44. The van der Waals surface area contributed by atoms with E-state index in [1.54, 1.807) is 0 Å². The summed E-state index contributed by atoms with van der Waals surface area (Å²) in [5.41, 5.74) is 0.713. The summed E-state index contributed by atoms with van der Waals surface area (Å²) in [4.78, 5) is 2.05. The van der Waals surface area contributed by atoms with Crippen molar-refractivity contribution in [1.29, 1.82) is 0 Å². The van der Waals surface area contributed by atoms with Crippen LogP contribution >= 0.6 is 0 Å². The largest absolute Gasteiger partial charge is 0.300 e. The van der Waals surface area contributed by atoms with Gasteiger partial charge in [-0.3, -0.25) is 4.90 Å². The van der Waals surface area contributed by atoms with Crippen LogP contribution in [0, 0.1) is 11.3 Å². The SMILES string of the molecule is CC(C)C.CC1(C)CN(CCF)CC/C1=C\F. The number of alkyl halides is 1. The van der Waals surface area contributed by atoms with Gasteiger partial charge in [-0.2, -0.15) is 0 Å². The van der Waals surface area contributed by atoms with Crippen LogP contribution in [0.15, 0.2) is 11.9 Å². The molecular formula is C14H27F2N. The van der Waals surface area contributed by atoms with E-state index in [9.17, 15) is 8.78 Å². The molecule has 0 aromatic carbocycles. The van der Waals surface area contributed by atoms with Crippen molar-refractivity contribution in [3.05, 3.63) is 11.9 Å². The van der Waals surface area contributed by atoms with Crippen LogP contribution in [-0.4, -0.2) is 31.2 Å². The minimum absolute atomic E-state index is 0.137. The molecule has 0 N–H and O–H groups in total. The predicted molar refractivity (Wildman–Crippen MR) is 70.5 cm³/mol. The second-order valence-electron chi connectivity index (χ2n) is 5.97. The number of halogens is 2. The lowest BCUT2D eigenvalue weighted by Crippen LogP contribution is -2.42. The van der Waals surface area contributed by atoms with E-state index in [2.05, 4.69) is 20.8 Å². The normalized spacial score (nSPS) is 22.5. The second kappa shape index (κ2) is 7.80. The van der Waals surface area contributed by atoms with Gasteiger partial charge in [0, 0.05) is 25.0 Å². The van der Waals surface area contributed by atoms with Crippen LogP contribution in [0.1, 0.15) is 41.0 Å². The van der Waals surface area contributed by atoms with E-state index in [1.807, 2.05) is 18.7 Å². The fraction of sp³-hybridized carbons (Fsp3) is 0.857. The molecule has 0 aliphatic carbocycles. The number of likely N-dealkylation sites (tertiary alicyclic amines) is 1. The Bertz CT molecular complexity index is 232. The number of hydrogen-bond donors (Lipinski definition) is 0. The molecule has 1 rings (SSSR count). The van der Waals surface area contributed by atoms with Crippen LogP contribution < -0.4 is 0 Å². The lowest BCUT2D eigenvalue weighted by molar-refractivity contribution is 0.154. The number of nitrogens with zero attached hydrogens (tertiary/aromatic N) is 1. The average molecular weight is 247 g/mol. The van der Waals surface area contributed by atoms with Gasteiger partial charge in [0.2, 0.25) is 0 Å². The highest BCUT2D eigenvalue weighted by molar-refractivity contribution is 5.13. The van der Waals surface area contributed by atoms with Gasteiger partial charge in [-0.15, -0.1) is 0 Å². The van der Waals surface area contributed by atoms with E-state index in [-0.39, 0.29) is 12.1 Å². The summed E-state index contributed by atoms with van der Waals surface area (Å²) in [5.74, 6) is 0.833. The van der Waals surface area contributed by atoms with Crippen LogP contribution in [0.3, 0.4) is 0 Å². The molecule has 0 aromatic heterocycles. The highest BCUT2D eigenvalue weighted by atomic mass is 19.1. The van der Waals surface area contributed by atoms with E-state index in [1.165, 1.54) is 0 Å². The van der Waals surface area contributed by atoms with Gasteiger partial charge in [0.15, 0.2) is 0 Å². The Morgan fingerprint density at radius 1 is 1.35 bits per heavy atom. The Kier molecular flexibility index (Phi) is 7.60. The molecule has 1 nitrogen and oxygen atoms in total. The Labute approximate surface area is 105 Å². The maximum atomic E-state index is 12.4. The molecule has 0 saturated carbocycles. The molecule has 1 heterocycles. The fourth-order valence-electron chi connectivity index (χ4n) is 1.87. The molecule has 1 fully saturated rings. The van der Waals surface area contributed by atoms with E-state index >= 15 is 0 Å². The molecule has 102 valence electrons. The van der Waals surface area contributed by atoms with Crippen molar-refractivity contribution in [2.45, 2.75) is 41.0 Å². The third-order valence-electron chi connectivity index (χ3n) is 2.72. The molecule has 0 radical (unpaired) electrons. The smallest absolute Gasteiger partial charge is 0.102 e. The Balaban J connectivity index is 0.000000557. The van der Waals surface area contributed by atoms with Crippen molar-refractivity contribution >= 4 is 0 Å². The number of hydrogen-bond acceptors (Lipinski definition) is 1. The quantitative estimate of drug-likeness (QED) is 0.706. The maximum absolute atomic E-state index is 12.4. The molecule has 1 saturated heterocycles. The molecule has 1 aliphatic rings. The highest BCUT2D eigenvalue weighted by Crippen LogP contribution is 2.33. The van der Waals surface area contributed by atoms with Gasteiger partial charge in [-0.25, -0.2) is 8.78 Å². The van der Waals surface area contributed by atoms with Crippen LogP contribution in [0.5, 0.6) is 0 Å². The first-order chi connectivity index (χ1) is 7.83. The van der Waals surface area contributed by atoms with Gasteiger partial charge in [-0.05, 0) is 17.9 Å². The molecule has 17 heavy (non-hydrogen) atoms. The van der Waals surface area contributed by atoms with E-state index in [0.29, 0.717) is 12.9 Å². The van der Waals surface area contributed by atoms with Crippen molar-refractivity contribution in [3.63, 3.8) is 0 Å². The van der Waals surface area contributed by atoms with Gasteiger partial charge in [-0.1, -0.05) is 34.6 Å². The molecule has 1 aliphatic heterocycles. The molecule has 0 atom stereocenters.